The number of para-hydroxylation sites is 2. The SMILES string of the molecule is CCOCc1ccccc1CNC(=O)C(C)n1cnc2ccccc21. The molecule has 3 aromatic rings. The summed E-state index contributed by atoms with van der Waals surface area (Å²) in [7, 11) is 0. The van der Waals surface area contributed by atoms with Gasteiger partial charge in [0.25, 0.3) is 0 Å². The van der Waals surface area contributed by atoms with Crippen LogP contribution in [0.1, 0.15) is 31.0 Å². The molecular formula is C20H23N3O2. The third-order valence-electron chi connectivity index (χ3n) is 4.31. The smallest absolute Gasteiger partial charge is 0.243 e. The summed E-state index contributed by atoms with van der Waals surface area (Å²) in [5, 5.41) is 3.03. The Balaban J connectivity index is 1.68. The zero-order chi connectivity index (χ0) is 17.6. The van der Waals surface area contributed by atoms with E-state index in [1.54, 1.807) is 6.33 Å². The van der Waals surface area contributed by atoms with E-state index < -0.39 is 0 Å². The van der Waals surface area contributed by atoms with Gasteiger partial charge < -0.3 is 14.6 Å². The average molecular weight is 337 g/mol. The summed E-state index contributed by atoms with van der Waals surface area (Å²) >= 11 is 0. The third kappa shape index (κ3) is 3.88. The molecule has 0 saturated carbocycles. The molecule has 25 heavy (non-hydrogen) atoms. The van der Waals surface area contributed by atoms with Gasteiger partial charge in [0, 0.05) is 13.2 Å². The van der Waals surface area contributed by atoms with Crippen molar-refractivity contribution in [3.05, 3.63) is 66.0 Å². The van der Waals surface area contributed by atoms with Gasteiger partial charge in [-0.15, -0.1) is 0 Å². The molecule has 1 aromatic heterocycles. The van der Waals surface area contributed by atoms with Crippen LogP contribution in [0, 0.1) is 0 Å². The number of nitrogens with zero attached hydrogens (tertiary/aromatic N) is 2. The van der Waals surface area contributed by atoms with Crippen LogP contribution in [0.5, 0.6) is 0 Å². The molecule has 0 radical (unpaired) electrons. The minimum Gasteiger partial charge on any atom is -0.377 e. The molecule has 1 unspecified atom stereocenters. The van der Waals surface area contributed by atoms with Gasteiger partial charge in [0.2, 0.25) is 5.91 Å². The number of carbonyl (C=O) groups excluding carboxylic acids is 1. The van der Waals surface area contributed by atoms with Gasteiger partial charge >= 0.3 is 0 Å². The molecule has 130 valence electrons. The lowest BCUT2D eigenvalue weighted by atomic mass is 10.1. The van der Waals surface area contributed by atoms with Crippen LogP contribution in [0.3, 0.4) is 0 Å². The van der Waals surface area contributed by atoms with Gasteiger partial charge in [-0.05, 0) is 37.1 Å². The molecule has 1 atom stereocenters. The third-order valence-corrected chi connectivity index (χ3v) is 4.31. The lowest BCUT2D eigenvalue weighted by molar-refractivity contribution is -0.123. The number of benzene rings is 2. The predicted octanol–water partition coefficient (Wildman–Crippen LogP) is 3.45. The highest BCUT2D eigenvalue weighted by atomic mass is 16.5. The molecule has 0 fully saturated rings. The lowest BCUT2D eigenvalue weighted by Gasteiger charge is -2.16. The van der Waals surface area contributed by atoms with Crippen LogP contribution in [-0.2, 0) is 22.7 Å². The zero-order valence-electron chi connectivity index (χ0n) is 14.6. The number of carbonyl (C=O) groups is 1. The zero-order valence-corrected chi connectivity index (χ0v) is 14.6. The molecule has 0 spiro atoms. The van der Waals surface area contributed by atoms with Crippen molar-refractivity contribution < 1.29 is 9.53 Å². The normalized spacial score (nSPS) is 12.2. The standard InChI is InChI=1S/C20H23N3O2/c1-3-25-13-17-9-5-4-8-16(17)12-21-20(24)15(2)23-14-22-18-10-6-7-11-19(18)23/h4-11,14-15H,3,12-13H2,1-2H3,(H,21,24). The van der Waals surface area contributed by atoms with Crippen molar-refractivity contribution in [2.75, 3.05) is 6.61 Å². The molecule has 1 amide bonds. The van der Waals surface area contributed by atoms with Crippen LogP contribution in [-0.4, -0.2) is 22.1 Å². The summed E-state index contributed by atoms with van der Waals surface area (Å²) in [5.74, 6) is -0.0330. The first-order chi connectivity index (χ1) is 12.2. The lowest BCUT2D eigenvalue weighted by Crippen LogP contribution is -2.30. The van der Waals surface area contributed by atoms with Crippen molar-refractivity contribution in [1.82, 2.24) is 14.9 Å². The van der Waals surface area contributed by atoms with E-state index in [2.05, 4.69) is 10.3 Å². The number of amides is 1. The van der Waals surface area contributed by atoms with E-state index in [1.165, 1.54) is 0 Å². The second-order valence-corrected chi connectivity index (χ2v) is 5.94. The molecule has 0 saturated heterocycles. The second kappa shape index (κ2) is 7.94. The van der Waals surface area contributed by atoms with Gasteiger partial charge in [0.05, 0.1) is 24.0 Å². The minimum atomic E-state index is -0.327. The predicted molar refractivity (Wildman–Crippen MR) is 98.1 cm³/mol. The van der Waals surface area contributed by atoms with Crippen molar-refractivity contribution in [2.24, 2.45) is 0 Å². The largest absolute Gasteiger partial charge is 0.377 e. The molecule has 5 heteroatoms. The fourth-order valence-corrected chi connectivity index (χ4v) is 2.83. The Bertz CT molecular complexity index is 857. The number of imidazole rings is 1. The molecule has 2 aromatic carbocycles. The van der Waals surface area contributed by atoms with E-state index in [4.69, 9.17) is 4.74 Å². The Labute approximate surface area is 147 Å². The van der Waals surface area contributed by atoms with Crippen molar-refractivity contribution in [1.29, 1.82) is 0 Å². The van der Waals surface area contributed by atoms with Crippen molar-refractivity contribution in [2.45, 2.75) is 33.0 Å². The first-order valence-corrected chi connectivity index (χ1v) is 8.54. The van der Waals surface area contributed by atoms with Crippen molar-refractivity contribution >= 4 is 16.9 Å². The molecule has 0 bridgehead atoms. The fraction of sp³-hybridized carbons (Fsp3) is 0.300. The minimum absolute atomic E-state index is 0.0330. The monoisotopic (exact) mass is 337 g/mol. The second-order valence-electron chi connectivity index (χ2n) is 5.94. The van der Waals surface area contributed by atoms with Gasteiger partial charge in [-0.2, -0.15) is 0 Å². The van der Waals surface area contributed by atoms with E-state index in [0.717, 1.165) is 22.2 Å². The van der Waals surface area contributed by atoms with Gasteiger partial charge in [0.15, 0.2) is 0 Å². The number of hydrogen-bond donors (Lipinski definition) is 1. The number of nitrogens with one attached hydrogen (secondary N) is 1. The van der Waals surface area contributed by atoms with E-state index in [0.29, 0.717) is 19.8 Å². The van der Waals surface area contributed by atoms with Crippen LogP contribution in [0.25, 0.3) is 11.0 Å². The number of rotatable bonds is 7. The van der Waals surface area contributed by atoms with Crippen molar-refractivity contribution in [3.8, 4) is 0 Å². The summed E-state index contributed by atoms with van der Waals surface area (Å²) in [6.07, 6.45) is 1.72. The Kier molecular flexibility index (Phi) is 5.46. The number of fused-ring (bicyclic) bond motifs is 1. The van der Waals surface area contributed by atoms with Crippen LogP contribution in [0.4, 0.5) is 0 Å². The number of aromatic nitrogens is 2. The number of ether oxygens (including phenoxy) is 1. The first-order valence-electron chi connectivity index (χ1n) is 8.54. The Morgan fingerprint density at radius 1 is 1.16 bits per heavy atom. The Hall–Kier alpha value is -2.66. The van der Waals surface area contributed by atoms with Gasteiger partial charge in [0.1, 0.15) is 6.04 Å². The molecule has 3 rings (SSSR count). The molecule has 5 nitrogen and oxygen atoms in total. The molecule has 0 aliphatic heterocycles. The summed E-state index contributed by atoms with van der Waals surface area (Å²) in [4.78, 5) is 16.9. The number of hydrogen-bond acceptors (Lipinski definition) is 3. The maximum atomic E-state index is 12.6. The van der Waals surface area contributed by atoms with Crippen LogP contribution in [0.15, 0.2) is 54.9 Å². The molecular weight excluding hydrogens is 314 g/mol. The van der Waals surface area contributed by atoms with E-state index in [9.17, 15) is 4.79 Å². The quantitative estimate of drug-likeness (QED) is 0.718. The molecule has 0 aliphatic carbocycles. The summed E-state index contributed by atoms with van der Waals surface area (Å²) < 4.78 is 7.40. The molecule has 1 heterocycles. The van der Waals surface area contributed by atoms with Crippen LogP contribution >= 0.6 is 0 Å². The maximum absolute atomic E-state index is 12.6. The Morgan fingerprint density at radius 3 is 2.68 bits per heavy atom. The Morgan fingerprint density at radius 2 is 1.88 bits per heavy atom. The highest BCUT2D eigenvalue weighted by Crippen LogP contribution is 2.18. The fourth-order valence-electron chi connectivity index (χ4n) is 2.83. The van der Waals surface area contributed by atoms with Gasteiger partial charge in [-0.3, -0.25) is 4.79 Å². The summed E-state index contributed by atoms with van der Waals surface area (Å²) in [6, 6.07) is 15.5. The average Bonchev–Trinajstić information content (AvgIpc) is 3.08. The van der Waals surface area contributed by atoms with Gasteiger partial charge in [-0.1, -0.05) is 36.4 Å². The highest BCUT2D eigenvalue weighted by molar-refractivity contribution is 5.83. The van der Waals surface area contributed by atoms with Crippen LogP contribution in [0.2, 0.25) is 0 Å². The maximum Gasteiger partial charge on any atom is 0.243 e. The highest BCUT2D eigenvalue weighted by Gasteiger charge is 2.17. The van der Waals surface area contributed by atoms with Crippen molar-refractivity contribution in [3.63, 3.8) is 0 Å². The molecule has 0 aliphatic rings. The summed E-state index contributed by atoms with van der Waals surface area (Å²) in [6.45, 7) is 5.58. The van der Waals surface area contributed by atoms with E-state index >= 15 is 0 Å². The summed E-state index contributed by atoms with van der Waals surface area (Å²) in [5.41, 5.74) is 4.03. The molecule has 1 N–H and O–H groups in total. The van der Waals surface area contributed by atoms with E-state index in [-0.39, 0.29) is 11.9 Å². The van der Waals surface area contributed by atoms with Crippen LogP contribution < -0.4 is 5.32 Å². The van der Waals surface area contributed by atoms with Gasteiger partial charge in [-0.25, -0.2) is 4.98 Å². The first kappa shape index (κ1) is 17.2. The topological polar surface area (TPSA) is 56.1 Å². The van der Waals surface area contributed by atoms with E-state index in [1.807, 2.05) is 66.9 Å².